The normalized spacial score (nSPS) is 15.5. The highest BCUT2D eigenvalue weighted by Crippen LogP contribution is 2.18. The molecule has 0 radical (unpaired) electrons. The summed E-state index contributed by atoms with van der Waals surface area (Å²) < 4.78 is 4.62. The molecule has 0 aliphatic carbocycles. The van der Waals surface area contributed by atoms with Crippen LogP contribution in [0.4, 0.5) is 5.69 Å². The molecule has 3 rings (SSSR count). The van der Waals surface area contributed by atoms with Crippen molar-refractivity contribution in [3.63, 3.8) is 0 Å². The van der Waals surface area contributed by atoms with Crippen LogP contribution in [0.25, 0.3) is 0 Å². The lowest BCUT2D eigenvalue weighted by molar-refractivity contribution is 0.0593. The van der Waals surface area contributed by atoms with Crippen LogP contribution in [0, 0.1) is 6.92 Å². The minimum atomic E-state index is -0.516. The van der Waals surface area contributed by atoms with Gasteiger partial charge in [-0.3, -0.25) is 9.69 Å². The predicted molar refractivity (Wildman–Crippen MR) is 117 cm³/mol. The first kappa shape index (κ1) is 21.8. The van der Waals surface area contributed by atoms with Crippen molar-refractivity contribution in [3.05, 3.63) is 59.4 Å². The van der Waals surface area contributed by atoms with Crippen LogP contribution in [0.1, 0.15) is 39.8 Å². The van der Waals surface area contributed by atoms with Gasteiger partial charge in [0.25, 0.3) is 5.91 Å². The van der Waals surface area contributed by atoms with E-state index in [1.165, 1.54) is 30.6 Å². The van der Waals surface area contributed by atoms with E-state index in [1.807, 2.05) is 6.92 Å². The van der Waals surface area contributed by atoms with Crippen molar-refractivity contribution >= 4 is 17.6 Å². The molecule has 1 unspecified atom stereocenters. The maximum Gasteiger partial charge on any atom is 0.356 e. The third-order valence-electron chi connectivity index (χ3n) is 5.42. The van der Waals surface area contributed by atoms with E-state index in [2.05, 4.69) is 56.0 Å². The highest BCUT2D eigenvalue weighted by atomic mass is 16.5. The van der Waals surface area contributed by atoms with Crippen LogP contribution in [0.3, 0.4) is 0 Å². The number of aryl methyl sites for hydroxylation is 1. The second kappa shape index (κ2) is 10.2. The first-order valence-electron chi connectivity index (χ1n) is 10.4. The first-order chi connectivity index (χ1) is 14.5. The number of nitrogens with one attached hydrogen (secondary N) is 1. The second-order valence-electron chi connectivity index (χ2n) is 7.75. The lowest BCUT2D eigenvalue weighted by Gasteiger charge is -2.36. The Bertz CT molecular complexity index is 861. The van der Waals surface area contributed by atoms with Crippen LogP contribution >= 0.6 is 0 Å². The van der Waals surface area contributed by atoms with Gasteiger partial charge in [0, 0.05) is 50.6 Å². The molecule has 1 aliphatic rings. The molecule has 2 heterocycles. The number of esters is 1. The number of carbonyl (C=O) groups excluding carboxylic acids is 2. The SMILES string of the molecule is COC(=O)c1ccc(C(=O)NC(C)CCN2CCN(c3cccc(C)c3)CC2)cn1. The number of amides is 1. The fourth-order valence-corrected chi connectivity index (χ4v) is 3.56. The van der Waals surface area contributed by atoms with E-state index in [4.69, 9.17) is 0 Å². The summed E-state index contributed by atoms with van der Waals surface area (Å²) >= 11 is 0. The molecule has 1 aromatic carbocycles. The molecular formula is C23H30N4O3. The van der Waals surface area contributed by atoms with E-state index < -0.39 is 5.97 Å². The fourth-order valence-electron chi connectivity index (χ4n) is 3.56. The van der Waals surface area contributed by atoms with E-state index in [0.717, 1.165) is 39.1 Å². The van der Waals surface area contributed by atoms with Crippen LogP contribution in [0.5, 0.6) is 0 Å². The van der Waals surface area contributed by atoms with E-state index >= 15 is 0 Å². The molecule has 1 aromatic heterocycles. The molecule has 7 heteroatoms. The molecule has 160 valence electrons. The Balaban J connectivity index is 1.41. The average Bonchev–Trinajstić information content (AvgIpc) is 2.77. The van der Waals surface area contributed by atoms with Gasteiger partial charge in [-0.2, -0.15) is 0 Å². The smallest absolute Gasteiger partial charge is 0.356 e. The Morgan fingerprint density at radius 2 is 1.93 bits per heavy atom. The molecule has 0 spiro atoms. The van der Waals surface area contributed by atoms with Crippen molar-refractivity contribution in [2.24, 2.45) is 0 Å². The van der Waals surface area contributed by atoms with Crippen LogP contribution in [0.2, 0.25) is 0 Å². The van der Waals surface area contributed by atoms with E-state index in [9.17, 15) is 9.59 Å². The molecule has 1 saturated heterocycles. The summed E-state index contributed by atoms with van der Waals surface area (Å²) in [5, 5.41) is 3.01. The fraction of sp³-hybridized carbons (Fsp3) is 0.435. The zero-order valence-electron chi connectivity index (χ0n) is 17.9. The van der Waals surface area contributed by atoms with Crippen LogP contribution < -0.4 is 10.2 Å². The highest BCUT2D eigenvalue weighted by molar-refractivity contribution is 5.95. The standard InChI is InChI=1S/C23H30N4O3/c1-17-5-4-6-20(15-17)27-13-11-26(12-14-27)10-9-18(2)25-22(28)19-7-8-21(24-16-19)23(29)30-3/h4-8,15-16,18H,9-14H2,1-3H3,(H,25,28). The highest BCUT2D eigenvalue weighted by Gasteiger charge is 2.18. The maximum atomic E-state index is 12.4. The number of ether oxygens (including phenoxy) is 1. The summed E-state index contributed by atoms with van der Waals surface area (Å²) in [6.45, 7) is 9.16. The van der Waals surface area contributed by atoms with E-state index in [1.54, 1.807) is 6.07 Å². The monoisotopic (exact) mass is 410 g/mol. The van der Waals surface area contributed by atoms with Crippen molar-refractivity contribution < 1.29 is 14.3 Å². The van der Waals surface area contributed by atoms with Gasteiger partial charge >= 0.3 is 5.97 Å². The predicted octanol–water partition coefficient (Wildman–Crippen LogP) is 2.51. The molecule has 1 fully saturated rings. The number of pyridine rings is 1. The van der Waals surface area contributed by atoms with Gasteiger partial charge in [0.2, 0.25) is 0 Å². The summed E-state index contributed by atoms with van der Waals surface area (Å²) in [7, 11) is 1.30. The first-order valence-corrected chi connectivity index (χ1v) is 10.4. The third kappa shape index (κ3) is 5.79. The van der Waals surface area contributed by atoms with Gasteiger partial charge in [-0.05, 0) is 50.1 Å². The quantitative estimate of drug-likeness (QED) is 0.707. The number of nitrogens with zero attached hydrogens (tertiary/aromatic N) is 3. The molecule has 0 bridgehead atoms. The van der Waals surface area contributed by atoms with Crippen molar-refractivity contribution in [2.45, 2.75) is 26.3 Å². The molecule has 0 saturated carbocycles. The number of piperazine rings is 1. The average molecular weight is 411 g/mol. The number of rotatable bonds is 7. The third-order valence-corrected chi connectivity index (χ3v) is 5.42. The van der Waals surface area contributed by atoms with Crippen molar-refractivity contribution in [1.29, 1.82) is 0 Å². The Morgan fingerprint density at radius 3 is 2.57 bits per heavy atom. The van der Waals surface area contributed by atoms with Gasteiger partial charge in [-0.15, -0.1) is 0 Å². The zero-order valence-corrected chi connectivity index (χ0v) is 17.9. The van der Waals surface area contributed by atoms with Crippen LogP contribution in [-0.2, 0) is 4.74 Å². The Hall–Kier alpha value is -2.93. The molecule has 1 amide bonds. The lowest BCUT2D eigenvalue weighted by Crippen LogP contribution is -2.47. The van der Waals surface area contributed by atoms with Gasteiger partial charge in [-0.25, -0.2) is 9.78 Å². The summed E-state index contributed by atoms with van der Waals surface area (Å²) in [6.07, 6.45) is 2.28. The van der Waals surface area contributed by atoms with Gasteiger partial charge in [0.05, 0.1) is 12.7 Å². The van der Waals surface area contributed by atoms with Crippen LogP contribution in [-0.4, -0.2) is 67.6 Å². The number of hydrogen-bond acceptors (Lipinski definition) is 6. The number of anilines is 1. The van der Waals surface area contributed by atoms with Crippen LogP contribution in [0.15, 0.2) is 42.6 Å². The van der Waals surface area contributed by atoms with E-state index in [0.29, 0.717) is 5.56 Å². The number of benzene rings is 1. The van der Waals surface area contributed by atoms with Gasteiger partial charge in [0.15, 0.2) is 0 Å². The summed E-state index contributed by atoms with van der Waals surface area (Å²) in [4.78, 5) is 32.7. The Kier molecular flexibility index (Phi) is 7.41. The number of methoxy groups -OCH3 is 1. The maximum absolute atomic E-state index is 12.4. The minimum Gasteiger partial charge on any atom is -0.464 e. The summed E-state index contributed by atoms with van der Waals surface area (Å²) in [5.41, 5.74) is 3.20. The number of hydrogen-bond donors (Lipinski definition) is 1. The van der Waals surface area contributed by atoms with E-state index in [-0.39, 0.29) is 17.6 Å². The van der Waals surface area contributed by atoms with Crippen molar-refractivity contribution in [3.8, 4) is 0 Å². The molecule has 1 atom stereocenters. The van der Waals surface area contributed by atoms with Crippen molar-refractivity contribution in [1.82, 2.24) is 15.2 Å². The Morgan fingerprint density at radius 1 is 1.17 bits per heavy atom. The molecular weight excluding hydrogens is 380 g/mol. The largest absolute Gasteiger partial charge is 0.464 e. The van der Waals surface area contributed by atoms with Crippen molar-refractivity contribution in [2.75, 3.05) is 44.7 Å². The zero-order chi connectivity index (χ0) is 21.5. The van der Waals surface area contributed by atoms with Gasteiger partial charge in [0.1, 0.15) is 5.69 Å². The Labute approximate surface area is 178 Å². The molecule has 1 N–H and O–H groups in total. The molecule has 7 nitrogen and oxygen atoms in total. The summed E-state index contributed by atoms with van der Waals surface area (Å²) in [6, 6.07) is 11.8. The summed E-state index contributed by atoms with van der Waals surface area (Å²) in [5.74, 6) is -0.700. The second-order valence-corrected chi connectivity index (χ2v) is 7.75. The number of aromatic nitrogens is 1. The topological polar surface area (TPSA) is 74.8 Å². The lowest BCUT2D eigenvalue weighted by atomic mass is 10.1. The minimum absolute atomic E-state index is 0.0487. The number of carbonyl (C=O) groups is 2. The molecule has 1 aliphatic heterocycles. The van der Waals surface area contributed by atoms with Gasteiger partial charge < -0.3 is 15.0 Å². The molecule has 2 aromatic rings. The molecule has 30 heavy (non-hydrogen) atoms. The van der Waals surface area contributed by atoms with Gasteiger partial charge in [-0.1, -0.05) is 12.1 Å².